The lowest BCUT2D eigenvalue weighted by Crippen LogP contribution is -2.30. The average molecular weight is 239 g/mol. The first-order valence-corrected chi connectivity index (χ1v) is 5.98. The van der Waals surface area contributed by atoms with Gasteiger partial charge in [0.25, 0.3) is 0 Å². The molecule has 1 aromatic rings. The first kappa shape index (κ1) is 11.1. The molecule has 2 fully saturated rings. The summed E-state index contributed by atoms with van der Waals surface area (Å²) in [6.45, 7) is 1.06. The van der Waals surface area contributed by atoms with Crippen molar-refractivity contribution in [3.05, 3.63) is 35.4 Å². The summed E-state index contributed by atoms with van der Waals surface area (Å²) in [4.78, 5) is 2.24. The molecule has 2 aliphatic rings. The van der Waals surface area contributed by atoms with E-state index in [0.717, 1.165) is 25.5 Å². The number of epoxide rings is 1. The van der Waals surface area contributed by atoms with E-state index in [1.165, 1.54) is 6.07 Å². The number of rotatable bonds is 2. The van der Waals surface area contributed by atoms with Gasteiger partial charge in [-0.05, 0) is 32.5 Å². The van der Waals surface area contributed by atoms with Gasteiger partial charge in [0, 0.05) is 11.6 Å². The van der Waals surface area contributed by atoms with E-state index >= 15 is 0 Å². The quantitative estimate of drug-likeness (QED) is 0.737. The Labute approximate surface area is 99.2 Å². The highest BCUT2D eigenvalue weighted by Crippen LogP contribution is 2.45. The van der Waals surface area contributed by atoms with Gasteiger partial charge < -0.3 is 9.64 Å². The van der Waals surface area contributed by atoms with Crippen LogP contribution in [0.15, 0.2) is 18.2 Å². The van der Waals surface area contributed by atoms with E-state index in [-0.39, 0.29) is 12.2 Å². The van der Waals surface area contributed by atoms with Crippen LogP contribution < -0.4 is 0 Å². The van der Waals surface area contributed by atoms with Gasteiger partial charge in [0.1, 0.15) is 12.2 Å². The minimum atomic E-state index is -0.795. The first-order valence-electron chi connectivity index (χ1n) is 5.98. The van der Waals surface area contributed by atoms with Crippen LogP contribution in [0, 0.1) is 11.6 Å². The summed E-state index contributed by atoms with van der Waals surface area (Å²) >= 11 is 0. The lowest BCUT2D eigenvalue weighted by Gasteiger charge is -2.16. The van der Waals surface area contributed by atoms with Crippen molar-refractivity contribution < 1.29 is 13.5 Å². The molecule has 0 saturated carbocycles. The van der Waals surface area contributed by atoms with Crippen LogP contribution in [-0.2, 0) is 4.74 Å². The molecule has 0 amide bonds. The van der Waals surface area contributed by atoms with Gasteiger partial charge in [0.05, 0.1) is 0 Å². The van der Waals surface area contributed by atoms with Gasteiger partial charge in [0.2, 0.25) is 0 Å². The molecule has 0 bridgehead atoms. The Kier molecular flexibility index (Phi) is 2.64. The molecule has 2 saturated heterocycles. The highest BCUT2D eigenvalue weighted by Gasteiger charge is 2.49. The summed E-state index contributed by atoms with van der Waals surface area (Å²) in [5.41, 5.74) is 0.357. The van der Waals surface area contributed by atoms with E-state index in [9.17, 15) is 8.78 Å². The molecule has 17 heavy (non-hydrogen) atoms. The molecule has 3 rings (SSSR count). The summed E-state index contributed by atoms with van der Waals surface area (Å²) in [6, 6.07) is 4.63. The molecule has 1 aromatic carbocycles. The van der Waals surface area contributed by atoms with Crippen molar-refractivity contribution in [2.24, 2.45) is 0 Å². The predicted octanol–water partition coefficient (Wildman–Crippen LogP) is 2.50. The van der Waals surface area contributed by atoms with Crippen LogP contribution in [0.2, 0.25) is 0 Å². The van der Waals surface area contributed by atoms with Crippen molar-refractivity contribution in [2.75, 3.05) is 13.6 Å². The Morgan fingerprint density at radius 3 is 2.88 bits per heavy atom. The van der Waals surface area contributed by atoms with Gasteiger partial charge >= 0.3 is 0 Å². The third-order valence-electron chi connectivity index (χ3n) is 3.77. The topological polar surface area (TPSA) is 15.8 Å². The van der Waals surface area contributed by atoms with Gasteiger partial charge in [-0.2, -0.15) is 0 Å². The molecule has 0 unspecified atom stereocenters. The molecular formula is C13H15F2NO. The second kappa shape index (κ2) is 4.03. The molecule has 0 aliphatic carbocycles. The van der Waals surface area contributed by atoms with Crippen LogP contribution in [0.3, 0.4) is 0 Å². The molecule has 2 aliphatic heterocycles. The zero-order chi connectivity index (χ0) is 12.0. The maximum atomic E-state index is 13.6. The van der Waals surface area contributed by atoms with Crippen LogP contribution >= 0.6 is 0 Å². The first-order chi connectivity index (χ1) is 8.18. The maximum Gasteiger partial charge on any atom is 0.164 e. The van der Waals surface area contributed by atoms with Crippen molar-refractivity contribution in [1.29, 1.82) is 0 Å². The molecule has 0 N–H and O–H groups in total. The number of ether oxygens (including phenoxy) is 1. The average Bonchev–Trinajstić information content (AvgIpc) is 2.98. The van der Waals surface area contributed by atoms with Gasteiger partial charge in [0.15, 0.2) is 11.6 Å². The monoisotopic (exact) mass is 239 g/mol. The number of nitrogens with zero attached hydrogens (tertiary/aromatic N) is 1. The summed E-state index contributed by atoms with van der Waals surface area (Å²) < 4.78 is 32.2. The van der Waals surface area contributed by atoms with Crippen molar-refractivity contribution in [3.8, 4) is 0 Å². The summed E-state index contributed by atoms with van der Waals surface area (Å²) in [5, 5.41) is 0. The van der Waals surface area contributed by atoms with Crippen molar-refractivity contribution in [3.63, 3.8) is 0 Å². The number of benzene rings is 1. The predicted molar refractivity (Wildman–Crippen MR) is 59.6 cm³/mol. The Hall–Kier alpha value is -1.00. The van der Waals surface area contributed by atoms with Crippen molar-refractivity contribution >= 4 is 0 Å². The molecule has 2 heterocycles. The summed E-state index contributed by atoms with van der Waals surface area (Å²) in [7, 11) is 2.05. The second-order valence-corrected chi connectivity index (χ2v) is 4.85. The fourth-order valence-corrected chi connectivity index (χ4v) is 2.76. The second-order valence-electron chi connectivity index (χ2n) is 4.85. The molecule has 3 atom stereocenters. The SMILES string of the molecule is CN1CCC[C@@H]1[C@@H]1O[C@H]1c1cccc(F)c1F. The standard InChI is InChI=1S/C13H15F2NO/c1-16-7-3-6-10(16)13-12(17-13)8-4-2-5-9(14)11(8)15/h2,4-5,10,12-13H,3,6-7H2,1H3/t10-,12+,13+/m1/s1. The molecule has 0 radical (unpaired) electrons. The Morgan fingerprint density at radius 2 is 2.18 bits per heavy atom. The van der Waals surface area contributed by atoms with Crippen LogP contribution in [0.4, 0.5) is 8.78 Å². The fraction of sp³-hybridized carbons (Fsp3) is 0.538. The van der Waals surface area contributed by atoms with E-state index in [4.69, 9.17) is 4.74 Å². The Balaban J connectivity index is 1.78. The van der Waals surface area contributed by atoms with Crippen LogP contribution in [-0.4, -0.2) is 30.6 Å². The maximum absolute atomic E-state index is 13.6. The number of likely N-dealkylation sites (N-methyl/N-ethyl adjacent to an activating group) is 1. The molecule has 0 spiro atoms. The molecule has 0 aromatic heterocycles. The fourth-order valence-electron chi connectivity index (χ4n) is 2.76. The number of hydrogen-bond acceptors (Lipinski definition) is 2. The number of likely N-dealkylation sites (tertiary alicyclic amines) is 1. The largest absolute Gasteiger partial charge is 0.363 e. The van der Waals surface area contributed by atoms with Gasteiger partial charge in [-0.3, -0.25) is 0 Å². The molecule has 4 heteroatoms. The Morgan fingerprint density at radius 1 is 1.35 bits per heavy atom. The lowest BCUT2D eigenvalue weighted by atomic mass is 10.0. The zero-order valence-electron chi connectivity index (χ0n) is 9.70. The number of halogens is 2. The summed E-state index contributed by atoms with van der Waals surface area (Å²) in [5.74, 6) is -1.56. The van der Waals surface area contributed by atoms with Crippen molar-refractivity contribution in [2.45, 2.75) is 31.1 Å². The molecule has 92 valence electrons. The van der Waals surface area contributed by atoms with Gasteiger partial charge in [-0.15, -0.1) is 0 Å². The highest BCUT2D eigenvalue weighted by atomic mass is 19.2. The van der Waals surface area contributed by atoms with E-state index in [1.807, 2.05) is 0 Å². The minimum absolute atomic E-state index is 0.0267. The van der Waals surface area contributed by atoms with Gasteiger partial charge in [-0.25, -0.2) is 8.78 Å². The van der Waals surface area contributed by atoms with E-state index < -0.39 is 11.6 Å². The number of hydrogen-bond donors (Lipinski definition) is 0. The smallest absolute Gasteiger partial charge is 0.164 e. The minimum Gasteiger partial charge on any atom is -0.363 e. The lowest BCUT2D eigenvalue weighted by molar-refractivity contribution is 0.243. The van der Waals surface area contributed by atoms with E-state index in [2.05, 4.69) is 11.9 Å². The summed E-state index contributed by atoms with van der Waals surface area (Å²) in [6.07, 6.45) is 1.99. The van der Waals surface area contributed by atoms with E-state index in [0.29, 0.717) is 11.6 Å². The highest BCUT2D eigenvalue weighted by molar-refractivity contribution is 5.26. The zero-order valence-corrected chi connectivity index (χ0v) is 9.70. The Bertz CT molecular complexity index is 437. The van der Waals surface area contributed by atoms with Crippen LogP contribution in [0.1, 0.15) is 24.5 Å². The van der Waals surface area contributed by atoms with Crippen LogP contribution in [0.5, 0.6) is 0 Å². The molecule has 2 nitrogen and oxygen atoms in total. The van der Waals surface area contributed by atoms with Crippen LogP contribution in [0.25, 0.3) is 0 Å². The third-order valence-corrected chi connectivity index (χ3v) is 3.77. The third kappa shape index (κ3) is 1.85. The van der Waals surface area contributed by atoms with E-state index in [1.54, 1.807) is 6.07 Å². The molecular weight excluding hydrogens is 224 g/mol. The normalized spacial score (nSPS) is 33.0. The van der Waals surface area contributed by atoms with Gasteiger partial charge in [-0.1, -0.05) is 12.1 Å². The van der Waals surface area contributed by atoms with Crippen molar-refractivity contribution in [1.82, 2.24) is 4.90 Å².